The van der Waals surface area contributed by atoms with Crippen LogP contribution < -0.4 is 15.4 Å². The number of halogens is 1. The molecule has 0 heterocycles. The molecule has 6 nitrogen and oxygen atoms in total. The third-order valence-corrected chi connectivity index (χ3v) is 5.67. The topological polar surface area (TPSA) is 70.7 Å². The van der Waals surface area contributed by atoms with E-state index in [-0.39, 0.29) is 10.7 Å². The van der Waals surface area contributed by atoms with Crippen molar-refractivity contribution >= 4 is 21.4 Å². The van der Waals surface area contributed by atoms with Crippen molar-refractivity contribution in [2.24, 2.45) is 0 Å². The molecule has 8 heteroatoms. The highest BCUT2D eigenvalue weighted by molar-refractivity contribution is 7.89. The Kier molecular flexibility index (Phi) is 7.44. The number of hydrogen-bond donors (Lipinski definition) is 2. The second kappa shape index (κ2) is 9.57. The van der Waals surface area contributed by atoms with Gasteiger partial charge in [0.05, 0.1) is 22.9 Å². The van der Waals surface area contributed by atoms with Gasteiger partial charge in [-0.05, 0) is 55.8 Å². The van der Waals surface area contributed by atoms with Crippen molar-refractivity contribution in [3.63, 3.8) is 0 Å². The van der Waals surface area contributed by atoms with E-state index in [1.807, 2.05) is 6.92 Å². The summed E-state index contributed by atoms with van der Waals surface area (Å²) in [5, 5.41) is 6.48. The molecule has 0 bridgehead atoms. The van der Waals surface area contributed by atoms with Gasteiger partial charge in [-0.25, -0.2) is 17.1 Å². The Morgan fingerprint density at radius 2 is 1.74 bits per heavy atom. The molecule has 0 saturated carbocycles. The minimum Gasteiger partial charge on any atom is -0.494 e. The van der Waals surface area contributed by atoms with Crippen molar-refractivity contribution in [1.29, 1.82) is 0 Å². The quantitative estimate of drug-likeness (QED) is 0.604. The van der Waals surface area contributed by atoms with Gasteiger partial charge in [-0.3, -0.25) is 0 Å². The van der Waals surface area contributed by atoms with Gasteiger partial charge in [0.2, 0.25) is 10.0 Å². The van der Waals surface area contributed by atoms with E-state index in [1.54, 1.807) is 30.3 Å². The molecule has 27 heavy (non-hydrogen) atoms. The summed E-state index contributed by atoms with van der Waals surface area (Å²) in [6, 6.07) is 10.9. The highest BCUT2D eigenvalue weighted by Gasteiger charge is 2.18. The average molecular weight is 396 g/mol. The van der Waals surface area contributed by atoms with Crippen LogP contribution in [0.1, 0.15) is 13.3 Å². The number of nitrogens with one attached hydrogen (secondary N) is 2. The number of benzene rings is 2. The van der Waals surface area contributed by atoms with Crippen LogP contribution in [0.4, 0.5) is 15.8 Å². The molecule has 0 saturated heterocycles. The first-order valence-corrected chi connectivity index (χ1v) is 10.2. The van der Waals surface area contributed by atoms with Gasteiger partial charge in [0.1, 0.15) is 11.6 Å². The molecular weight excluding hydrogens is 369 g/mol. The zero-order chi connectivity index (χ0) is 19.9. The maximum absolute atomic E-state index is 12.9. The first-order valence-electron chi connectivity index (χ1n) is 8.77. The second-order valence-electron chi connectivity index (χ2n) is 6.11. The molecule has 0 aliphatic carbocycles. The molecule has 2 aromatic carbocycles. The molecule has 2 rings (SSSR count). The molecule has 0 amide bonds. The van der Waals surface area contributed by atoms with Crippen LogP contribution in [0.15, 0.2) is 47.4 Å². The highest BCUT2D eigenvalue weighted by Crippen LogP contribution is 2.26. The van der Waals surface area contributed by atoms with Gasteiger partial charge in [0, 0.05) is 27.2 Å². The fourth-order valence-corrected chi connectivity index (χ4v) is 3.33. The number of ether oxygens (including phenoxy) is 1. The van der Waals surface area contributed by atoms with Crippen LogP contribution in [0.25, 0.3) is 0 Å². The zero-order valence-corrected chi connectivity index (χ0v) is 16.6. The Labute approximate surface area is 160 Å². The summed E-state index contributed by atoms with van der Waals surface area (Å²) >= 11 is 0. The molecule has 0 atom stereocenters. The SMILES string of the molecule is CCNc1ccc(S(=O)(=O)N(C)C)cc1NCCCOc1ccc(F)cc1. The van der Waals surface area contributed by atoms with Crippen molar-refractivity contribution < 1.29 is 17.5 Å². The zero-order valence-electron chi connectivity index (χ0n) is 15.8. The average Bonchev–Trinajstić information content (AvgIpc) is 2.64. The molecule has 2 aromatic rings. The minimum absolute atomic E-state index is 0.235. The Morgan fingerprint density at radius 3 is 2.37 bits per heavy atom. The summed E-state index contributed by atoms with van der Waals surface area (Å²) in [6.45, 7) is 3.77. The number of hydrogen-bond acceptors (Lipinski definition) is 5. The lowest BCUT2D eigenvalue weighted by atomic mass is 10.2. The van der Waals surface area contributed by atoms with E-state index in [1.165, 1.54) is 30.5 Å². The van der Waals surface area contributed by atoms with Crippen molar-refractivity contribution in [3.8, 4) is 5.75 Å². The van der Waals surface area contributed by atoms with Crippen LogP contribution >= 0.6 is 0 Å². The summed E-state index contributed by atoms with van der Waals surface area (Å²) in [5.74, 6) is 0.316. The summed E-state index contributed by atoms with van der Waals surface area (Å²) < 4.78 is 44.3. The maximum Gasteiger partial charge on any atom is 0.242 e. The van der Waals surface area contributed by atoms with Gasteiger partial charge < -0.3 is 15.4 Å². The number of sulfonamides is 1. The summed E-state index contributed by atoms with van der Waals surface area (Å²) in [6.07, 6.45) is 0.702. The Hall–Kier alpha value is -2.32. The summed E-state index contributed by atoms with van der Waals surface area (Å²) in [5.41, 5.74) is 1.57. The first-order chi connectivity index (χ1) is 12.8. The van der Waals surface area contributed by atoms with Gasteiger partial charge >= 0.3 is 0 Å². The number of rotatable bonds is 10. The van der Waals surface area contributed by atoms with Crippen LogP contribution in [0.2, 0.25) is 0 Å². The molecular formula is C19H26FN3O3S. The molecule has 0 aromatic heterocycles. The van der Waals surface area contributed by atoms with Gasteiger partial charge in [0.15, 0.2) is 0 Å². The van der Waals surface area contributed by atoms with E-state index in [0.29, 0.717) is 25.3 Å². The van der Waals surface area contributed by atoms with E-state index in [0.717, 1.165) is 17.9 Å². The van der Waals surface area contributed by atoms with Gasteiger partial charge in [-0.1, -0.05) is 0 Å². The third-order valence-electron chi connectivity index (χ3n) is 3.86. The number of anilines is 2. The minimum atomic E-state index is -3.50. The molecule has 0 unspecified atom stereocenters. The van der Waals surface area contributed by atoms with E-state index in [4.69, 9.17) is 4.74 Å². The fourth-order valence-electron chi connectivity index (χ4n) is 2.40. The first kappa shape index (κ1) is 21.0. The summed E-state index contributed by atoms with van der Waals surface area (Å²) in [4.78, 5) is 0.235. The van der Waals surface area contributed by atoms with Crippen molar-refractivity contribution in [2.45, 2.75) is 18.2 Å². The molecule has 0 aliphatic heterocycles. The van der Waals surface area contributed by atoms with Crippen LogP contribution in [0.3, 0.4) is 0 Å². The lowest BCUT2D eigenvalue weighted by Crippen LogP contribution is -2.22. The molecule has 2 N–H and O–H groups in total. The second-order valence-corrected chi connectivity index (χ2v) is 8.26. The van der Waals surface area contributed by atoms with Gasteiger partial charge in [-0.2, -0.15) is 0 Å². The van der Waals surface area contributed by atoms with Crippen molar-refractivity contribution in [2.75, 3.05) is 44.4 Å². The van der Waals surface area contributed by atoms with Crippen LogP contribution in [0.5, 0.6) is 5.75 Å². The van der Waals surface area contributed by atoms with Gasteiger partial charge in [0.25, 0.3) is 0 Å². The molecule has 148 valence electrons. The predicted octanol–water partition coefficient (Wildman–Crippen LogP) is 3.39. The largest absolute Gasteiger partial charge is 0.494 e. The summed E-state index contributed by atoms with van der Waals surface area (Å²) in [7, 11) is -0.481. The van der Waals surface area contributed by atoms with Crippen LogP contribution in [0, 0.1) is 5.82 Å². The standard InChI is InChI=1S/C19H26FN3O3S/c1-4-21-18-11-10-17(27(24,25)23(2)3)14-19(18)22-12-5-13-26-16-8-6-15(20)7-9-16/h6-11,14,21-22H,4-5,12-13H2,1-3H3. The maximum atomic E-state index is 12.9. The smallest absolute Gasteiger partial charge is 0.242 e. The lowest BCUT2D eigenvalue weighted by molar-refractivity contribution is 0.314. The van der Waals surface area contributed by atoms with E-state index in [9.17, 15) is 12.8 Å². The number of nitrogens with zero attached hydrogens (tertiary/aromatic N) is 1. The molecule has 0 radical (unpaired) electrons. The van der Waals surface area contributed by atoms with Crippen molar-refractivity contribution in [3.05, 3.63) is 48.3 Å². The normalized spacial score (nSPS) is 11.4. The van der Waals surface area contributed by atoms with Crippen molar-refractivity contribution in [1.82, 2.24) is 4.31 Å². The molecule has 0 fully saturated rings. The van der Waals surface area contributed by atoms with E-state index < -0.39 is 10.0 Å². The lowest BCUT2D eigenvalue weighted by Gasteiger charge is -2.17. The van der Waals surface area contributed by atoms with Crippen LogP contribution in [-0.2, 0) is 10.0 Å². The van der Waals surface area contributed by atoms with Gasteiger partial charge in [-0.15, -0.1) is 0 Å². The third kappa shape index (κ3) is 5.83. The fraction of sp³-hybridized carbons (Fsp3) is 0.368. The molecule has 0 spiro atoms. The predicted molar refractivity (Wildman–Crippen MR) is 106 cm³/mol. The van der Waals surface area contributed by atoms with E-state index in [2.05, 4.69) is 10.6 Å². The Morgan fingerprint density at radius 1 is 1.04 bits per heavy atom. The van der Waals surface area contributed by atoms with E-state index >= 15 is 0 Å². The Balaban J connectivity index is 1.97. The highest BCUT2D eigenvalue weighted by atomic mass is 32.2. The Bertz CT molecular complexity index is 840. The van der Waals surface area contributed by atoms with Crippen LogP contribution in [-0.4, -0.2) is 46.5 Å². The molecule has 0 aliphatic rings. The monoisotopic (exact) mass is 395 g/mol.